The summed E-state index contributed by atoms with van der Waals surface area (Å²) in [6, 6.07) is 9.23. The highest BCUT2D eigenvalue weighted by Gasteiger charge is 2.10. The monoisotopic (exact) mass is 215 g/mol. The fraction of sp³-hybridized carbons (Fsp3) is 0.0833. The molecule has 1 aromatic heterocycles. The number of aromatic nitrogens is 1. The minimum absolute atomic E-state index is 0.479. The Bertz CT molecular complexity index is 511. The van der Waals surface area contributed by atoms with Crippen LogP contribution in [-0.4, -0.2) is 12.1 Å². The second-order valence-electron chi connectivity index (χ2n) is 3.36. The predicted molar refractivity (Wildman–Crippen MR) is 65.0 cm³/mol. The molecule has 0 bridgehead atoms. The van der Waals surface area contributed by atoms with Gasteiger partial charge in [-0.2, -0.15) is 0 Å². The Morgan fingerprint density at radius 2 is 1.88 bits per heavy atom. The SMILES string of the molecule is COc1ccccc1-c1nccc(N)c1N. The van der Waals surface area contributed by atoms with Crippen molar-refractivity contribution in [1.82, 2.24) is 4.98 Å². The first-order chi connectivity index (χ1) is 7.74. The van der Waals surface area contributed by atoms with Crippen LogP contribution in [0, 0.1) is 0 Å². The number of methoxy groups -OCH3 is 1. The maximum Gasteiger partial charge on any atom is 0.128 e. The lowest BCUT2D eigenvalue weighted by atomic mass is 10.1. The van der Waals surface area contributed by atoms with Crippen molar-refractivity contribution in [1.29, 1.82) is 0 Å². The number of benzene rings is 1. The van der Waals surface area contributed by atoms with E-state index in [-0.39, 0.29) is 0 Å². The molecule has 0 aliphatic carbocycles. The molecule has 1 aromatic carbocycles. The van der Waals surface area contributed by atoms with Gasteiger partial charge in [0.1, 0.15) is 5.75 Å². The van der Waals surface area contributed by atoms with Crippen LogP contribution in [0.25, 0.3) is 11.3 Å². The molecule has 0 saturated carbocycles. The van der Waals surface area contributed by atoms with Crippen LogP contribution in [0.5, 0.6) is 5.75 Å². The Kier molecular flexibility index (Phi) is 2.64. The molecule has 0 unspecified atom stereocenters. The van der Waals surface area contributed by atoms with E-state index in [1.54, 1.807) is 19.4 Å². The van der Waals surface area contributed by atoms with Crippen LogP contribution >= 0.6 is 0 Å². The van der Waals surface area contributed by atoms with Crippen LogP contribution in [0.2, 0.25) is 0 Å². The van der Waals surface area contributed by atoms with Gasteiger partial charge >= 0.3 is 0 Å². The first-order valence-corrected chi connectivity index (χ1v) is 4.87. The van der Waals surface area contributed by atoms with Crippen LogP contribution in [0.15, 0.2) is 36.5 Å². The number of nitrogen functional groups attached to an aromatic ring is 2. The molecule has 0 fully saturated rings. The summed E-state index contributed by atoms with van der Waals surface area (Å²) in [7, 11) is 1.61. The van der Waals surface area contributed by atoms with Gasteiger partial charge < -0.3 is 16.2 Å². The highest BCUT2D eigenvalue weighted by molar-refractivity contribution is 5.83. The molecule has 4 heteroatoms. The Morgan fingerprint density at radius 1 is 1.12 bits per heavy atom. The van der Waals surface area contributed by atoms with Gasteiger partial charge in [-0.3, -0.25) is 4.98 Å². The Morgan fingerprint density at radius 3 is 2.62 bits per heavy atom. The number of pyridine rings is 1. The largest absolute Gasteiger partial charge is 0.496 e. The molecule has 1 heterocycles. The topological polar surface area (TPSA) is 74.2 Å². The number of anilines is 2. The van der Waals surface area contributed by atoms with E-state index in [0.717, 1.165) is 11.3 Å². The van der Waals surface area contributed by atoms with Crippen molar-refractivity contribution in [3.05, 3.63) is 36.5 Å². The standard InChI is InChI=1S/C12H13N3O/c1-16-10-5-3-2-4-8(10)12-11(14)9(13)6-7-15-12/h2-7H,14H2,1H3,(H2,13,15). The first kappa shape index (κ1) is 10.3. The summed E-state index contributed by atoms with van der Waals surface area (Å²) >= 11 is 0. The molecule has 0 spiro atoms. The Labute approximate surface area is 93.9 Å². The van der Waals surface area contributed by atoms with Gasteiger partial charge in [-0.25, -0.2) is 0 Å². The van der Waals surface area contributed by atoms with Gasteiger partial charge in [0.2, 0.25) is 0 Å². The van der Waals surface area contributed by atoms with E-state index in [9.17, 15) is 0 Å². The van der Waals surface area contributed by atoms with E-state index < -0.39 is 0 Å². The third-order valence-electron chi connectivity index (χ3n) is 2.39. The minimum Gasteiger partial charge on any atom is -0.496 e. The quantitative estimate of drug-likeness (QED) is 0.802. The van der Waals surface area contributed by atoms with Gasteiger partial charge in [-0.05, 0) is 18.2 Å². The van der Waals surface area contributed by atoms with Crippen molar-refractivity contribution >= 4 is 11.4 Å². The maximum absolute atomic E-state index is 5.90. The van der Waals surface area contributed by atoms with E-state index in [0.29, 0.717) is 17.1 Å². The number of para-hydroxylation sites is 1. The fourth-order valence-corrected chi connectivity index (χ4v) is 1.54. The third-order valence-corrected chi connectivity index (χ3v) is 2.39. The van der Waals surface area contributed by atoms with Gasteiger partial charge in [0.15, 0.2) is 0 Å². The molecule has 0 amide bonds. The highest BCUT2D eigenvalue weighted by atomic mass is 16.5. The normalized spacial score (nSPS) is 10.1. The number of ether oxygens (including phenoxy) is 1. The molecule has 4 nitrogen and oxygen atoms in total. The molecule has 2 rings (SSSR count). The number of hydrogen-bond donors (Lipinski definition) is 2. The van der Waals surface area contributed by atoms with E-state index in [2.05, 4.69) is 4.98 Å². The maximum atomic E-state index is 5.90. The average Bonchev–Trinajstić information content (AvgIpc) is 2.33. The van der Waals surface area contributed by atoms with E-state index >= 15 is 0 Å². The second-order valence-corrected chi connectivity index (χ2v) is 3.36. The minimum atomic E-state index is 0.479. The summed E-state index contributed by atoms with van der Waals surface area (Å²) in [6.07, 6.45) is 1.63. The molecule has 0 saturated heterocycles. The highest BCUT2D eigenvalue weighted by Crippen LogP contribution is 2.33. The molecular formula is C12H13N3O. The number of nitrogens with zero attached hydrogens (tertiary/aromatic N) is 1. The molecule has 0 radical (unpaired) electrons. The zero-order valence-corrected chi connectivity index (χ0v) is 8.97. The zero-order chi connectivity index (χ0) is 11.5. The lowest BCUT2D eigenvalue weighted by molar-refractivity contribution is 0.416. The van der Waals surface area contributed by atoms with Gasteiger partial charge in [-0.1, -0.05) is 12.1 Å². The van der Waals surface area contributed by atoms with E-state index in [1.165, 1.54) is 0 Å². The van der Waals surface area contributed by atoms with Crippen molar-refractivity contribution in [3.63, 3.8) is 0 Å². The molecule has 16 heavy (non-hydrogen) atoms. The van der Waals surface area contributed by atoms with Crippen molar-refractivity contribution in [2.45, 2.75) is 0 Å². The number of nitrogens with two attached hydrogens (primary N) is 2. The van der Waals surface area contributed by atoms with Gasteiger partial charge in [0, 0.05) is 11.8 Å². The van der Waals surface area contributed by atoms with Crippen LogP contribution < -0.4 is 16.2 Å². The summed E-state index contributed by atoms with van der Waals surface area (Å²) in [6.45, 7) is 0. The Balaban J connectivity index is 2.63. The van der Waals surface area contributed by atoms with Crippen molar-refractivity contribution in [2.24, 2.45) is 0 Å². The molecular weight excluding hydrogens is 202 g/mol. The fourth-order valence-electron chi connectivity index (χ4n) is 1.54. The van der Waals surface area contributed by atoms with Crippen LogP contribution in [0.1, 0.15) is 0 Å². The summed E-state index contributed by atoms with van der Waals surface area (Å²) in [5.74, 6) is 0.729. The summed E-state index contributed by atoms with van der Waals surface area (Å²) in [4.78, 5) is 4.23. The molecule has 4 N–H and O–H groups in total. The molecule has 82 valence electrons. The lowest BCUT2D eigenvalue weighted by Crippen LogP contribution is -2.00. The van der Waals surface area contributed by atoms with Crippen LogP contribution in [0.3, 0.4) is 0 Å². The van der Waals surface area contributed by atoms with Gasteiger partial charge in [0.25, 0.3) is 0 Å². The molecule has 2 aromatic rings. The smallest absolute Gasteiger partial charge is 0.128 e. The Hall–Kier alpha value is -2.23. The molecule has 0 atom stereocenters. The van der Waals surface area contributed by atoms with Crippen molar-refractivity contribution in [2.75, 3.05) is 18.6 Å². The van der Waals surface area contributed by atoms with Crippen molar-refractivity contribution in [3.8, 4) is 17.0 Å². The second kappa shape index (κ2) is 4.10. The molecule has 0 aliphatic rings. The predicted octanol–water partition coefficient (Wildman–Crippen LogP) is 1.92. The summed E-state index contributed by atoms with van der Waals surface area (Å²) < 4.78 is 5.26. The van der Waals surface area contributed by atoms with E-state index in [1.807, 2.05) is 24.3 Å². The lowest BCUT2D eigenvalue weighted by Gasteiger charge is -2.10. The molecule has 0 aliphatic heterocycles. The number of rotatable bonds is 2. The first-order valence-electron chi connectivity index (χ1n) is 4.87. The summed E-state index contributed by atoms with van der Waals surface area (Å²) in [5.41, 5.74) is 14.1. The van der Waals surface area contributed by atoms with Gasteiger partial charge in [0.05, 0.1) is 24.2 Å². The average molecular weight is 215 g/mol. The van der Waals surface area contributed by atoms with E-state index in [4.69, 9.17) is 16.2 Å². The summed E-state index contributed by atoms with van der Waals surface area (Å²) in [5, 5.41) is 0. The van der Waals surface area contributed by atoms with Gasteiger partial charge in [-0.15, -0.1) is 0 Å². The van der Waals surface area contributed by atoms with Crippen molar-refractivity contribution < 1.29 is 4.74 Å². The van der Waals surface area contributed by atoms with Crippen LogP contribution in [-0.2, 0) is 0 Å². The zero-order valence-electron chi connectivity index (χ0n) is 8.97. The third kappa shape index (κ3) is 1.65. The number of hydrogen-bond acceptors (Lipinski definition) is 4. The van der Waals surface area contributed by atoms with Crippen LogP contribution in [0.4, 0.5) is 11.4 Å².